The standard InChI is InChI=1S/C25H30N6O2/c1-15-12-28-24-20(33-3)10-4-16(23(15)24)13-27-21-14-26-19-9-11-22(30-25(19)29-21)31(2)17-5-7-18(32)8-6-17/h4,9-12,14,17-18,28,32H,5-8,13H2,1-3H3,(H,27,29,30). The van der Waals surface area contributed by atoms with Crippen molar-refractivity contribution in [1.82, 2.24) is 19.9 Å². The molecule has 5 rings (SSSR count). The molecular formula is C25H30N6O2. The zero-order valence-electron chi connectivity index (χ0n) is 19.3. The number of hydrogen-bond donors (Lipinski definition) is 3. The van der Waals surface area contributed by atoms with E-state index in [1.807, 2.05) is 24.4 Å². The summed E-state index contributed by atoms with van der Waals surface area (Å²) in [5, 5.41) is 14.4. The van der Waals surface area contributed by atoms with Crippen LogP contribution in [0.1, 0.15) is 36.8 Å². The van der Waals surface area contributed by atoms with E-state index in [4.69, 9.17) is 14.7 Å². The lowest BCUT2D eigenvalue weighted by Gasteiger charge is -2.33. The molecule has 0 amide bonds. The first-order valence-electron chi connectivity index (χ1n) is 11.5. The van der Waals surface area contributed by atoms with E-state index in [2.05, 4.69) is 40.2 Å². The Labute approximate surface area is 193 Å². The third-order valence-electron chi connectivity index (χ3n) is 6.73. The molecule has 3 heterocycles. The normalized spacial score (nSPS) is 18.5. The molecule has 0 radical (unpaired) electrons. The van der Waals surface area contributed by atoms with Gasteiger partial charge in [-0.2, -0.15) is 0 Å². The Kier molecular flexibility index (Phi) is 5.76. The molecule has 0 saturated heterocycles. The Morgan fingerprint density at radius 3 is 2.76 bits per heavy atom. The van der Waals surface area contributed by atoms with Crippen molar-refractivity contribution in [2.75, 3.05) is 24.4 Å². The summed E-state index contributed by atoms with van der Waals surface area (Å²) in [5.41, 5.74) is 4.73. The highest BCUT2D eigenvalue weighted by atomic mass is 16.5. The van der Waals surface area contributed by atoms with Crippen LogP contribution in [0.5, 0.6) is 5.75 Å². The average molecular weight is 447 g/mol. The predicted octanol–water partition coefficient (Wildman–Crippen LogP) is 4.17. The number of methoxy groups -OCH3 is 1. The minimum Gasteiger partial charge on any atom is -0.495 e. The smallest absolute Gasteiger partial charge is 0.182 e. The highest BCUT2D eigenvalue weighted by Gasteiger charge is 2.23. The number of benzene rings is 1. The summed E-state index contributed by atoms with van der Waals surface area (Å²) in [6, 6.07) is 8.41. The van der Waals surface area contributed by atoms with E-state index >= 15 is 0 Å². The van der Waals surface area contributed by atoms with Crippen molar-refractivity contribution in [1.29, 1.82) is 0 Å². The fourth-order valence-electron chi connectivity index (χ4n) is 4.78. The molecule has 1 saturated carbocycles. The zero-order valence-corrected chi connectivity index (χ0v) is 19.3. The number of aromatic nitrogens is 4. The fraction of sp³-hybridized carbons (Fsp3) is 0.400. The maximum absolute atomic E-state index is 9.80. The summed E-state index contributed by atoms with van der Waals surface area (Å²) in [4.78, 5) is 19.6. The summed E-state index contributed by atoms with van der Waals surface area (Å²) in [5.74, 6) is 2.41. The molecule has 1 aliphatic rings. The predicted molar refractivity (Wildman–Crippen MR) is 131 cm³/mol. The van der Waals surface area contributed by atoms with E-state index in [1.54, 1.807) is 13.3 Å². The van der Waals surface area contributed by atoms with E-state index < -0.39 is 0 Å². The van der Waals surface area contributed by atoms with Crippen LogP contribution in [0.25, 0.3) is 22.1 Å². The van der Waals surface area contributed by atoms with Crippen molar-refractivity contribution < 1.29 is 9.84 Å². The average Bonchev–Trinajstić information content (AvgIpc) is 3.24. The quantitative estimate of drug-likeness (QED) is 0.409. The van der Waals surface area contributed by atoms with Gasteiger partial charge in [-0.25, -0.2) is 15.0 Å². The molecule has 8 nitrogen and oxygen atoms in total. The molecule has 33 heavy (non-hydrogen) atoms. The SMILES string of the molecule is COc1ccc(CNc2cnc3ccc(N(C)C4CCC(O)CC4)nc3n2)c2c(C)c[nH]c12. The first kappa shape index (κ1) is 21.5. The van der Waals surface area contributed by atoms with Crippen molar-refractivity contribution in [2.24, 2.45) is 0 Å². The third-order valence-corrected chi connectivity index (χ3v) is 6.73. The summed E-state index contributed by atoms with van der Waals surface area (Å²) in [6.07, 6.45) is 7.22. The van der Waals surface area contributed by atoms with Crippen LogP contribution in [0, 0.1) is 6.92 Å². The molecule has 0 unspecified atom stereocenters. The summed E-state index contributed by atoms with van der Waals surface area (Å²) < 4.78 is 5.49. The van der Waals surface area contributed by atoms with E-state index in [1.165, 1.54) is 5.56 Å². The van der Waals surface area contributed by atoms with Crippen molar-refractivity contribution in [2.45, 2.75) is 51.3 Å². The Morgan fingerprint density at radius 2 is 1.97 bits per heavy atom. The van der Waals surface area contributed by atoms with Gasteiger partial charge >= 0.3 is 0 Å². The molecule has 1 aromatic carbocycles. The van der Waals surface area contributed by atoms with Gasteiger partial charge in [0, 0.05) is 31.2 Å². The van der Waals surface area contributed by atoms with E-state index in [-0.39, 0.29) is 6.10 Å². The topological polar surface area (TPSA) is 99.2 Å². The van der Waals surface area contributed by atoms with Crippen LogP contribution in [0.4, 0.5) is 11.6 Å². The van der Waals surface area contributed by atoms with Gasteiger partial charge < -0.3 is 25.0 Å². The van der Waals surface area contributed by atoms with Crippen molar-refractivity contribution >= 4 is 33.7 Å². The number of aryl methyl sites for hydroxylation is 1. The number of anilines is 2. The van der Waals surface area contributed by atoms with Crippen LogP contribution in [0.15, 0.2) is 36.7 Å². The second kappa shape index (κ2) is 8.86. The summed E-state index contributed by atoms with van der Waals surface area (Å²) in [6.45, 7) is 2.70. The third kappa shape index (κ3) is 4.18. The highest BCUT2D eigenvalue weighted by Crippen LogP contribution is 2.31. The van der Waals surface area contributed by atoms with Gasteiger partial charge in [0.05, 0.1) is 24.9 Å². The van der Waals surface area contributed by atoms with Crippen LogP contribution in [0.3, 0.4) is 0 Å². The molecule has 4 aromatic rings. The van der Waals surface area contributed by atoms with Crippen LogP contribution >= 0.6 is 0 Å². The van der Waals surface area contributed by atoms with Crippen molar-refractivity contribution in [3.8, 4) is 5.75 Å². The van der Waals surface area contributed by atoms with Gasteiger partial charge in [0.1, 0.15) is 22.9 Å². The molecule has 0 spiro atoms. The van der Waals surface area contributed by atoms with Gasteiger partial charge in [-0.3, -0.25) is 0 Å². The fourth-order valence-corrected chi connectivity index (χ4v) is 4.78. The van der Waals surface area contributed by atoms with Gasteiger partial charge in [-0.15, -0.1) is 0 Å². The molecule has 8 heteroatoms. The maximum atomic E-state index is 9.80. The molecule has 3 N–H and O–H groups in total. The Morgan fingerprint density at radius 1 is 1.15 bits per heavy atom. The number of H-pyrrole nitrogens is 1. The number of aliphatic hydroxyl groups is 1. The lowest BCUT2D eigenvalue weighted by atomic mass is 9.92. The lowest BCUT2D eigenvalue weighted by Crippen LogP contribution is -2.36. The second-order valence-electron chi connectivity index (χ2n) is 8.84. The van der Waals surface area contributed by atoms with E-state index in [0.717, 1.165) is 59.2 Å². The number of fused-ring (bicyclic) bond motifs is 2. The Balaban J connectivity index is 1.36. The molecular weight excluding hydrogens is 416 g/mol. The van der Waals surface area contributed by atoms with Crippen LogP contribution in [-0.2, 0) is 6.54 Å². The van der Waals surface area contributed by atoms with Crippen LogP contribution < -0.4 is 15.0 Å². The number of ether oxygens (including phenoxy) is 1. The van der Waals surface area contributed by atoms with Gasteiger partial charge in [0.15, 0.2) is 5.65 Å². The first-order valence-corrected chi connectivity index (χ1v) is 11.5. The van der Waals surface area contributed by atoms with E-state index in [0.29, 0.717) is 24.1 Å². The van der Waals surface area contributed by atoms with Crippen molar-refractivity contribution in [3.05, 3.63) is 47.8 Å². The van der Waals surface area contributed by atoms with Crippen molar-refractivity contribution in [3.63, 3.8) is 0 Å². The van der Waals surface area contributed by atoms with Gasteiger partial charge in [-0.05, 0) is 61.9 Å². The van der Waals surface area contributed by atoms with Gasteiger partial charge in [0.25, 0.3) is 0 Å². The first-order chi connectivity index (χ1) is 16.0. The summed E-state index contributed by atoms with van der Waals surface area (Å²) in [7, 11) is 3.75. The highest BCUT2D eigenvalue weighted by molar-refractivity contribution is 5.91. The maximum Gasteiger partial charge on any atom is 0.182 e. The van der Waals surface area contributed by atoms with Crippen LogP contribution in [-0.4, -0.2) is 51.3 Å². The second-order valence-corrected chi connectivity index (χ2v) is 8.84. The van der Waals surface area contributed by atoms with Gasteiger partial charge in [-0.1, -0.05) is 6.07 Å². The molecule has 0 aliphatic heterocycles. The molecule has 1 fully saturated rings. The molecule has 3 aromatic heterocycles. The number of aliphatic hydroxyl groups excluding tert-OH is 1. The number of nitrogens with zero attached hydrogens (tertiary/aromatic N) is 4. The monoisotopic (exact) mass is 446 g/mol. The number of rotatable bonds is 6. The zero-order chi connectivity index (χ0) is 22.9. The number of nitrogens with one attached hydrogen (secondary N) is 2. The molecule has 0 atom stereocenters. The Bertz CT molecular complexity index is 1280. The molecule has 1 aliphatic carbocycles. The molecule has 0 bridgehead atoms. The van der Waals surface area contributed by atoms with Crippen LogP contribution in [0.2, 0.25) is 0 Å². The summed E-state index contributed by atoms with van der Waals surface area (Å²) >= 11 is 0. The largest absolute Gasteiger partial charge is 0.495 e. The molecule has 172 valence electrons. The number of aromatic amines is 1. The number of pyridine rings is 1. The lowest BCUT2D eigenvalue weighted by molar-refractivity contribution is 0.122. The minimum absolute atomic E-state index is 0.166. The van der Waals surface area contributed by atoms with Gasteiger partial charge in [0.2, 0.25) is 0 Å². The number of hydrogen-bond acceptors (Lipinski definition) is 7. The Hall–Kier alpha value is -3.39. The minimum atomic E-state index is -0.166. The van der Waals surface area contributed by atoms with E-state index in [9.17, 15) is 5.11 Å².